The Hall–Kier alpha value is -1.53. The van der Waals surface area contributed by atoms with E-state index in [2.05, 4.69) is 20.7 Å². The second kappa shape index (κ2) is 6.07. The fourth-order valence-corrected chi connectivity index (χ4v) is 3.49. The lowest BCUT2D eigenvalue weighted by Gasteiger charge is -2.12. The smallest absolute Gasteiger partial charge is 0.261 e. The van der Waals surface area contributed by atoms with Crippen LogP contribution in [0.5, 0.6) is 0 Å². The van der Waals surface area contributed by atoms with Gasteiger partial charge in [-0.1, -0.05) is 35.0 Å². The second-order valence-electron chi connectivity index (χ2n) is 4.78. The van der Waals surface area contributed by atoms with Crippen molar-refractivity contribution in [2.24, 2.45) is 0 Å². The van der Waals surface area contributed by atoms with E-state index in [1.165, 1.54) is 6.07 Å². The summed E-state index contributed by atoms with van der Waals surface area (Å²) in [5.74, 6) is 0. The number of benzene rings is 2. The first-order valence-electron chi connectivity index (χ1n) is 6.51. The molecule has 3 N–H and O–H groups in total. The molecule has 2 rings (SSSR count). The molecule has 6 heteroatoms. The van der Waals surface area contributed by atoms with Gasteiger partial charge in [0.25, 0.3) is 10.0 Å². The zero-order chi connectivity index (χ0) is 15.6. The molecule has 112 valence electrons. The Balaban J connectivity index is 2.38. The number of anilines is 2. The highest BCUT2D eigenvalue weighted by Gasteiger charge is 2.16. The number of hydrogen-bond acceptors (Lipinski definition) is 3. The maximum absolute atomic E-state index is 12.4. The lowest BCUT2D eigenvalue weighted by molar-refractivity contribution is 0.601. The zero-order valence-corrected chi connectivity index (χ0v) is 14.3. The van der Waals surface area contributed by atoms with Crippen molar-refractivity contribution < 1.29 is 8.42 Å². The van der Waals surface area contributed by atoms with Gasteiger partial charge in [0.2, 0.25) is 0 Å². The summed E-state index contributed by atoms with van der Waals surface area (Å²) < 4.78 is 28.3. The van der Waals surface area contributed by atoms with Gasteiger partial charge >= 0.3 is 0 Å². The van der Waals surface area contributed by atoms with Gasteiger partial charge in [-0.25, -0.2) is 8.42 Å². The Morgan fingerprint density at radius 3 is 2.52 bits per heavy atom. The van der Waals surface area contributed by atoms with Gasteiger partial charge in [-0.05, 0) is 48.7 Å². The molecule has 0 amide bonds. The number of sulfonamides is 1. The molecule has 0 bridgehead atoms. The summed E-state index contributed by atoms with van der Waals surface area (Å²) in [6.45, 7) is 3.82. The predicted octanol–water partition coefficient (Wildman–Crippen LogP) is 3.70. The van der Waals surface area contributed by atoms with Gasteiger partial charge in [0.1, 0.15) is 0 Å². The maximum Gasteiger partial charge on any atom is 0.261 e. The van der Waals surface area contributed by atoms with Crippen molar-refractivity contribution in [3.63, 3.8) is 0 Å². The van der Waals surface area contributed by atoms with Crippen LogP contribution in [0.15, 0.2) is 45.8 Å². The summed E-state index contributed by atoms with van der Waals surface area (Å²) in [6, 6.07) is 10.3. The quantitative estimate of drug-likeness (QED) is 0.808. The molecule has 0 unspecified atom stereocenters. The molecule has 2 aromatic rings. The lowest BCUT2D eigenvalue weighted by Crippen LogP contribution is -2.14. The van der Waals surface area contributed by atoms with E-state index in [9.17, 15) is 8.42 Å². The van der Waals surface area contributed by atoms with Crippen LogP contribution in [0.1, 0.15) is 18.1 Å². The number of nitrogen functional groups attached to an aromatic ring is 1. The minimum atomic E-state index is -3.65. The highest BCUT2D eigenvalue weighted by molar-refractivity contribution is 9.10. The Kier molecular flexibility index (Phi) is 4.58. The van der Waals surface area contributed by atoms with E-state index in [0.29, 0.717) is 11.4 Å². The van der Waals surface area contributed by atoms with Crippen molar-refractivity contribution in [3.8, 4) is 0 Å². The summed E-state index contributed by atoms with van der Waals surface area (Å²) in [6.07, 6.45) is 0.768. The predicted molar refractivity (Wildman–Crippen MR) is 89.9 cm³/mol. The van der Waals surface area contributed by atoms with Crippen LogP contribution < -0.4 is 10.5 Å². The van der Waals surface area contributed by atoms with Gasteiger partial charge in [0, 0.05) is 10.2 Å². The molecule has 0 heterocycles. The van der Waals surface area contributed by atoms with Crippen LogP contribution in [0, 0.1) is 6.92 Å². The number of nitrogens with two attached hydrogens (primary N) is 1. The van der Waals surface area contributed by atoms with Crippen LogP contribution in [0.3, 0.4) is 0 Å². The molecule has 0 aromatic heterocycles. The van der Waals surface area contributed by atoms with E-state index in [1.807, 2.05) is 26.0 Å². The van der Waals surface area contributed by atoms with Crippen molar-refractivity contribution in [3.05, 3.63) is 52.0 Å². The van der Waals surface area contributed by atoms with Gasteiger partial charge in [-0.2, -0.15) is 0 Å². The molecule has 0 aliphatic rings. The van der Waals surface area contributed by atoms with Gasteiger partial charge in [-0.15, -0.1) is 0 Å². The number of aryl methyl sites for hydroxylation is 2. The summed E-state index contributed by atoms with van der Waals surface area (Å²) in [7, 11) is -3.65. The molecule has 0 saturated carbocycles. The Labute approximate surface area is 133 Å². The fraction of sp³-hybridized carbons (Fsp3) is 0.200. The van der Waals surface area contributed by atoms with Crippen LogP contribution >= 0.6 is 15.9 Å². The van der Waals surface area contributed by atoms with Crippen molar-refractivity contribution in [1.29, 1.82) is 0 Å². The molecule has 0 aliphatic carbocycles. The summed E-state index contributed by atoms with van der Waals surface area (Å²) in [5, 5.41) is 0. The normalized spacial score (nSPS) is 11.4. The third-order valence-electron chi connectivity index (χ3n) is 3.25. The number of rotatable bonds is 4. The lowest BCUT2D eigenvalue weighted by atomic mass is 10.1. The number of hydrogen-bond donors (Lipinski definition) is 2. The van der Waals surface area contributed by atoms with Gasteiger partial charge in [0.05, 0.1) is 10.6 Å². The Bertz CT molecular complexity index is 773. The van der Waals surface area contributed by atoms with Gasteiger partial charge < -0.3 is 5.73 Å². The van der Waals surface area contributed by atoms with Crippen LogP contribution in [0.25, 0.3) is 0 Å². The van der Waals surface area contributed by atoms with Crippen LogP contribution in [0.4, 0.5) is 11.4 Å². The van der Waals surface area contributed by atoms with Crippen LogP contribution in [0.2, 0.25) is 0 Å². The number of nitrogens with one attached hydrogen (secondary N) is 1. The summed E-state index contributed by atoms with van der Waals surface area (Å²) in [5.41, 5.74) is 8.70. The second-order valence-corrected chi connectivity index (χ2v) is 7.38. The molecular weight excluding hydrogens is 352 g/mol. The van der Waals surface area contributed by atoms with Crippen molar-refractivity contribution in [2.75, 3.05) is 10.5 Å². The van der Waals surface area contributed by atoms with E-state index < -0.39 is 10.0 Å². The minimum absolute atomic E-state index is 0.163. The SMILES string of the molecule is CCc1ccc(S(=O)(=O)Nc2cc(Br)ccc2C)cc1N. The topological polar surface area (TPSA) is 72.2 Å². The van der Waals surface area contributed by atoms with E-state index in [4.69, 9.17) is 5.73 Å². The van der Waals surface area contributed by atoms with E-state index in [1.54, 1.807) is 18.2 Å². The third kappa shape index (κ3) is 3.57. The molecule has 0 saturated heterocycles. The van der Waals surface area contributed by atoms with E-state index in [0.717, 1.165) is 22.0 Å². The van der Waals surface area contributed by atoms with Crippen molar-refractivity contribution >= 4 is 37.3 Å². The van der Waals surface area contributed by atoms with Crippen molar-refractivity contribution in [1.82, 2.24) is 0 Å². The van der Waals surface area contributed by atoms with Crippen LogP contribution in [-0.4, -0.2) is 8.42 Å². The summed E-state index contributed by atoms with van der Waals surface area (Å²) in [4.78, 5) is 0.163. The molecule has 21 heavy (non-hydrogen) atoms. The standard InChI is InChI=1S/C15H17BrN2O2S/c1-3-11-5-7-13(9-14(11)17)21(19,20)18-15-8-12(16)6-4-10(15)2/h4-9,18H,3,17H2,1-2H3. The Morgan fingerprint density at radius 1 is 1.19 bits per heavy atom. The maximum atomic E-state index is 12.4. The monoisotopic (exact) mass is 368 g/mol. The zero-order valence-electron chi connectivity index (χ0n) is 11.9. The molecule has 0 aliphatic heterocycles. The largest absolute Gasteiger partial charge is 0.398 e. The Morgan fingerprint density at radius 2 is 1.90 bits per heavy atom. The van der Waals surface area contributed by atoms with E-state index in [-0.39, 0.29) is 4.90 Å². The molecular formula is C15H17BrN2O2S. The fourth-order valence-electron chi connectivity index (χ4n) is 1.97. The first-order valence-corrected chi connectivity index (χ1v) is 8.78. The molecule has 0 radical (unpaired) electrons. The highest BCUT2D eigenvalue weighted by Crippen LogP contribution is 2.25. The van der Waals surface area contributed by atoms with Crippen molar-refractivity contribution in [2.45, 2.75) is 25.2 Å². The molecule has 0 atom stereocenters. The molecule has 0 fully saturated rings. The molecule has 4 nitrogen and oxygen atoms in total. The average molecular weight is 369 g/mol. The average Bonchev–Trinajstić information content (AvgIpc) is 2.42. The third-order valence-corrected chi connectivity index (χ3v) is 5.11. The first kappa shape index (κ1) is 15.9. The minimum Gasteiger partial charge on any atom is -0.398 e. The summed E-state index contributed by atoms with van der Waals surface area (Å²) >= 11 is 3.34. The van der Waals surface area contributed by atoms with Crippen LogP contribution in [-0.2, 0) is 16.4 Å². The number of halogens is 1. The molecule has 0 spiro atoms. The van der Waals surface area contributed by atoms with Gasteiger partial charge in [-0.3, -0.25) is 4.72 Å². The molecule has 2 aromatic carbocycles. The van der Waals surface area contributed by atoms with Gasteiger partial charge in [0.15, 0.2) is 0 Å². The first-order chi connectivity index (χ1) is 9.83. The van der Waals surface area contributed by atoms with E-state index >= 15 is 0 Å². The highest BCUT2D eigenvalue weighted by atomic mass is 79.9.